The Morgan fingerprint density at radius 2 is 1.46 bits per heavy atom. The van der Waals surface area contributed by atoms with Crippen molar-refractivity contribution in [3.8, 4) is 0 Å². The smallest absolute Gasteiger partial charge is 0.315 e. The Kier molecular flexibility index (Phi) is 10.1. The Balaban J connectivity index is 1.23. The Labute approximate surface area is 234 Å². The first-order valence-electron chi connectivity index (χ1n) is 14.2. The van der Waals surface area contributed by atoms with E-state index in [9.17, 15) is 4.79 Å². The summed E-state index contributed by atoms with van der Waals surface area (Å²) in [5, 5.41) is 0. The molecule has 0 aliphatic carbocycles. The number of hydrogen-bond acceptors (Lipinski definition) is 4. The van der Waals surface area contributed by atoms with Crippen molar-refractivity contribution in [2.75, 3.05) is 26.7 Å². The summed E-state index contributed by atoms with van der Waals surface area (Å²) in [6.07, 6.45) is 8.01. The highest BCUT2D eigenvalue weighted by Gasteiger charge is 2.30. The van der Waals surface area contributed by atoms with Gasteiger partial charge in [-0.15, -0.1) is 0 Å². The van der Waals surface area contributed by atoms with Gasteiger partial charge in [0.25, 0.3) is 0 Å². The number of rotatable bonds is 11. The molecule has 1 aliphatic heterocycles. The van der Waals surface area contributed by atoms with Crippen molar-refractivity contribution >= 4 is 5.97 Å². The second-order valence-electron chi connectivity index (χ2n) is 11.1. The van der Waals surface area contributed by atoms with Crippen LogP contribution in [0.4, 0.5) is 0 Å². The van der Waals surface area contributed by atoms with Crippen LogP contribution in [0.1, 0.15) is 74.3 Å². The molecular weight excluding hydrogens is 482 g/mol. The molecule has 1 aliphatic rings. The summed E-state index contributed by atoms with van der Waals surface area (Å²) in [7, 11) is 1.44. The number of nitrogens with zero attached hydrogens (tertiary/aromatic N) is 1. The van der Waals surface area contributed by atoms with Crippen LogP contribution in [-0.4, -0.2) is 43.7 Å². The number of carbonyl (C=O) groups is 1. The molecule has 1 atom stereocenters. The second kappa shape index (κ2) is 13.7. The molecule has 0 bridgehead atoms. The van der Waals surface area contributed by atoms with Crippen LogP contribution in [0.5, 0.6) is 0 Å². The average Bonchev–Trinajstić information content (AvgIpc) is 2.99. The second-order valence-corrected chi connectivity index (χ2v) is 11.1. The standard InChI is InChI=1S/C35H43NO3/c1-27(28-18-20-31(21-19-28)35(2,3)34(37)38-4)13-11-12-24-36-25-22-32(23-26-36)39-33(29-14-7-5-8-15-29)30-16-9-6-10-17-30/h5-11,13-21,27,32-33H,12,22-26H2,1-4H3/b13-11+. The van der Waals surface area contributed by atoms with E-state index in [1.165, 1.54) is 23.8 Å². The Morgan fingerprint density at radius 1 is 0.897 bits per heavy atom. The van der Waals surface area contributed by atoms with Crippen LogP contribution in [-0.2, 0) is 19.7 Å². The SMILES string of the molecule is COC(=O)C(C)(C)c1ccc(C(C)/C=C/CCN2CCC(OC(c3ccccc3)c3ccccc3)CC2)cc1. The Hall–Kier alpha value is -3.21. The first kappa shape index (κ1) is 28.8. The Bertz CT molecular complexity index is 1140. The lowest BCUT2D eigenvalue weighted by Gasteiger charge is -2.34. The van der Waals surface area contributed by atoms with Gasteiger partial charge in [-0.1, -0.05) is 104 Å². The number of hydrogen-bond donors (Lipinski definition) is 0. The lowest BCUT2D eigenvalue weighted by atomic mass is 9.83. The quantitative estimate of drug-likeness (QED) is 0.192. The first-order chi connectivity index (χ1) is 18.9. The minimum Gasteiger partial charge on any atom is -0.468 e. The van der Waals surface area contributed by atoms with Gasteiger partial charge in [-0.05, 0) is 61.3 Å². The molecule has 1 unspecified atom stereocenters. The van der Waals surface area contributed by atoms with E-state index in [1.54, 1.807) is 0 Å². The first-order valence-corrected chi connectivity index (χ1v) is 14.2. The van der Waals surface area contributed by atoms with Gasteiger partial charge in [-0.3, -0.25) is 4.79 Å². The van der Waals surface area contributed by atoms with E-state index >= 15 is 0 Å². The average molecular weight is 526 g/mol. The number of benzene rings is 3. The third-order valence-corrected chi connectivity index (χ3v) is 7.96. The number of allylic oxidation sites excluding steroid dienone is 1. The van der Waals surface area contributed by atoms with Crippen molar-refractivity contribution in [1.82, 2.24) is 4.90 Å². The molecule has 39 heavy (non-hydrogen) atoms. The van der Waals surface area contributed by atoms with Crippen LogP contribution < -0.4 is 0 Å². The summed E-state index contributed by atoms with van der Waals surface area (Å²) in [4.78, 5) is 14.7. The zero-order chi connectivity index (χ0) is 27.7. The molecule has 0 radical (unpaired) electrons. The lowest BCUT2D eigenvalue weighted by molar-refractivity contribution is -0.146. The van der Waals surface area contributed by atoms with E-state index < -0.39 is 5.41 Å². The molecule has 4 heteroatoms. The van der Waals surface area contributed by atoms with Crippen LogP contribution >= 0.6 is 0 Å². The van der Waals surface area contributed by atoms with E-state index in [0.717, 1.165) is 44.5 Å². The highest BCUT2D eigenvalue weighted by molar-refractivity contribution is 5.82. The fraction of sp³-hybridized carbons (Fsp3) is 0.400. The summed E-state index contributed by atoms with van der Waals surface area (Å²) < 4.78 is 11.7. The van der Waals surface area contributed by atoms with Gasteiger partial charge >= 0.3 is 5.97 Å². The number of ether oxygens (including phenoxy) is 2. The molecule has 0 spiro atoms. The molecule has 3 aromatic rings. The lowest BCUT2D eigenvalue weighted by Crippen LogP contribution is -2.38. The van der Waals surface area contributed by atoms with E-state index in [-0.39, 0.29) is 18.2 Å². The van der Waals surface area contributed by atoms with Crippen molar-refractivity contribution in [2.45, 2.75) is 63.6 Å². The molecule has 0 N–H and O–H groups in total. The molecule has 1 saturated heterocycles. The summed E-state index contributed by atoms with van der Waals surface area (Å²) in [6.45, 7) is 9.23. The normalized spacial score (nSPS) is 16.0. The monoisotopic (exact) mass is 525 g/mol. The van der Waals surface area contributed by atoms with Crippen molar-refractivity contribution in [3.63, 3.8) is 0 Å². The van der Waals surface area contributed by atoms with Gasteiger partial charge in [-0.25, -0.2) is 0 Å². The number of carbonyl (C=O) groups excluding carboxylic acids is 1. The van der Waals surface area contributed by atoms with Crippen LogP contribution in [0.15, 0.2) is 97.1 Å². The highest BCUT2D eigenvalue weighted by Crippen LogP contribution is 2.30. The zero-order valence-corrected chi connectivity index (χ0v) is 23.9. The van der Waals surface area contributed by atoms with E-state index in [2.05, 4.69) is 96.8 Å². The maximum absolute atomic E-state index is 12.1. The fourth-order valence-corrected chi connectivity index (χ4v) is 5.31. The highest BCUT2D eigenvalue weighted by atomic mass is 16.5. The minimum atomic E-state index is -0.644. The molecular formula is C35H43NO3. The van der Waals surface area contributed by atoms with Crippen LogP contribution in [0.2, 0.25) is 0 Å². The maximum Gasteiger partial charge on any atom is 0.315 e. The molecule has 1 fully saturated rings. The number of likely N-dealkylation sites (tertiary alicyclic amines) is 1. The molecule has 3 aromatic carbocycles. The van der Waals surface area contributed by atoms with Gasteiger partial charge < -0.3 is 14.4 Å². The maximum atomic E-state index is 12.1. The fourth-order valence-electron chi connectivity index (χ4n) is 5.31. The molecule has 0 amide bonds. The van der Waals surface area contributed by atoms with Crippen LogP contribution in [0, 0.1) is 0 Å². The van der Waals surface area contributed by atoms with Crippen LogP contribution in [0.25, 0.3) is 0 Å². The van der Waals surface area contributed by atoms with E-state index in [1.807, 2.05) is 26.0 Å². The molecule has 4 nitrogen and oxygen atoms in total. The third-order valence-electron chi connectivity index (χ3n) is 7.96. The molecule has 0 aromatic heterocycles. The summed E-state index contributed by atoms with van der Waals surface area (Å²) in [6, 6.07) is 29.5. The van der Waals surface area contributed by atoms with Gasteiger partial charge in [-0.2, -0.15) is 0 Å². The topological polar surface area (TPSA) is 38.8 Å². The summed E-state index contributed by atoms with van der Waals surface area (Å²) in [5.74, 6) is 0.110. The number of methoxy groups -OCH3 is 1. The van der Waals surface area contributed by atoms with Crippen molar-refractivity contribution in [2.24, 2.45) is 0 Å². The molecule has 206 valence electrons. The third kappa shape index (κ3) is 7.68. The Morgan fingerprint density at radius 3 is 2.00 bits per heavy atom. The predicted octanol–water partition coefficient (Wildman–Crippen LogP) is 7.46. The van der Waals surface area contributed by atoms with Crippen molar-refractivity contribution < 1.29 is 14.3 Å². The van der Waals surface area contributed by atoms with Crippen LogP contribution in [0.3, 0.4) is 0 Å². The summed E-state index contributed by atoms with van der Waals surface area (Å²) in [5.41, 5.74) is 4.01. The molecule has 0 saturated carbocycles. The molecule has 1 heterocycles. The predicted molar refractivity (Wildman–Crippen MR) is 159 cm³/mol. The van der Waals surface area contributed by atoms with Gasteiger partial charge in [0, 0.05) is 19.6 Å². The van der Waals surface area contributed by atoms with Gasteiger partial charge in [0.05, 0.1) is 18.6 Å². The van der Waals surface area contributed by atoms with Gasteiger partial charge in [0.2, 0.25) is 0 Å². The van der Waals surface area contributed by atoms with Gasteiger partial charge in [0.1, 0.15) is 6.10 Å². The largest absolute Gasteiger partial charge is 0.468 e. The van der Waals surface area contributed by atoms with E-state index in [4.69, 9.17) is 9.47 Å². The summed E-state index contributed by atoms with van der Waals surface area (Å²) >= 11 is 0. The zero-order valence-electron chi connectivity index (χ0n) is 23.9. The minimum absolute atomic E-state index is 0.0195. The molecule has 4 rings (SSSR count). The van der Waals surface area contributed by atoms with Gasteiger partial charge in [0.15, 0.2) is 0 Å². The van der Waals surface area contributed by atoms with E-state index in [0.29, 0.717) is 5.92 Å². The van der Waals surface area contributed by atoms with Crippen molar-refractivity contribution in [3.05, 3.63) is 119 Å². The number of esters is 1. The van der Waals surface area contributed by atoms with Crippen molar-refractivity contribution in [1.29, 1.82) is 0 Å². The number of piperidine rings is 1.